The summed E-state index contributed by atoms with van der Waals surface area (Å²) in [6, 6.07) is 19.8. The Labute approximate surface area is 248 Å². The fraction of sp³-hybridized carbons (Fsp3) is 0.400. The number of aryl methyl sites for hydroxylation is 2. The number of methoxy groups -OCH3 is 1. The van der Waals surface area contributed by atoms with Gasteiger partial charge in [-0.05, 0) is 110 Å². The average molecular weight is 565 g/mol. The maximum Gasteiger partial charge on any atom is 0.345 e. The van der Waals surface area contributed by atoms with Crippen molar-refractivity contribution in [2.75, 3.05) is 26.8 Å². The molecule has 0 spiro atoms. The Morgan fingerprint density at radius 2 is 1.88 bits per heavy atom. The molecule has 7 heteroatoms. The van der Waals surface area contributed by atoms with E-state index in [1.807, 2.05) is 12.1 Å². The molecule has 0 unspecified atom stereocenters. The topological polar surface area (TPSA) is 78.3 Å². The van der Waals surface area contributed by atoms with E-state index in [4.69, 9.17) is 14.5 Å². The maximum atomic E-state index is 12.4. The number of nitrogens with one attached hydrogen (secondary N) is 1. The van der Waals surface area contributed by atoms with Crippen molar-refractivity contribution in [1.29, 1.82) is 0 Å². The highest BCUT2D eigenvalue weighted by atomic mass is 16.5. The van der Waals surface area contributed by atoms with Crippen molar-refractivity contribution in [2.45, 2.75) is 64.2 Å². The van der Waals surface area contributed by atoms with E-state index < -0.39 is 5.97 Å². The molecule has 1 aliphatic heterocycles. The lowest BCUT2D eigenvalue weighted by Gasteiger charge is -2.26. The molecule has 218 valence electrons. The van der Waals surface area contributed by atoms with Crippen molar-refractivity contribution in [3.05, 3.63) is 94.2 Å². The lowest BCUT2D eigenvalue weighted by molar-refractivity contribution is 0.0522. The summed E-state index contributed by atoms with van der Waals surface area (Å²) >= 11 is 0. The molecule has 2 aliphatic rings. The Bertz CT molecular complexity index is 1570. The molecule has 2 aromatic carbocycles. The van der Waals surface area contributed by atoms with Crippen molar-refractivity contribution < 1.29 is 14.3 Å². The van der Waals surface area contributed by atoms with Gasteiger partial charge in [0.05, 0.1) is 25.6 Å². The second-order valence-electron chi connectivity index (χ2n) is 11.3. The van der Waals surface area contributed by atoms with Crippen LogP contribution in [-0.2, 0) is 24.0 Å². The third kappa shape index (κ3) is 5.45. The zero-order chi connectivity index (χ0) is 29.1. The largest absolute Gasteiger partial charge is 0.480 e. The van der Waals surface area contributed by atoms with Gasteiger partial charge in [-0.3, -0.25) is 0 Å². The zero-order valence-electron chi connectivity index (χ0n) is 24.9. The third-order valence-electron chi connectivity index (χ3n) is 8.86. The minimum Gasteiger partial charge on any atom is -0.480 e. The lowest BCUT2D eigenvalue weighted by Crippen LogP contribution is -2.27. The first-order valence-corrected chi connectivity index (χ1v) is 15.3. The molecule has 0 amide bonds. The first-order valence-electron chi connectivity index (χ1n) is 15.3. The number of pyridine rings is 1. The van der Waals surface area contributed by atoms with Gasteiger partial charge in [0.15, 0.2) is 5.82 Å². The van der Waals surface area contributed by atoms with Crippen LogP contribution in [0.15, 0.2) is 60.8 Å². The van der Waals surface area contributed by atoms with Gasteiger partial charge in [0.1, 0.15) is 5.56 Å². The predicted molar refractivity (Wildman–Crippen MR) is 165 cm³/mol. The number of aromatic nitrogens is 3. The number of piperidine rings is 1. The second kappa shape index (κ2) is 12.5. The van der Waals surface area contributed by atoms with Crippen LogP contribution in [0.4, 0.5) is 0 Å². The van der Waals surface area contributed by atoms with Crippen molar-refractivity contribution in [1.82, 2.24) is 20.1 Å². The van der Waals surface area contributed by atoms with Crippen LogP contribution in [-0.4, -0.2) is 47.5 Å². The van der Waals surface area contributed by atoms with E-state index in [-0.39, 0.29) is 12.2 Å². The number of hydrogen-bond donors (Lipinski definition) is 1. The molecular weight excluding hydrogens is 524 g/mol. The molecule has 3 heterocycles. The van der Waals surface area contributed by atoms with Gasteiger partial charge in [0, 0.05) is 5.56 Å². The van der Waals surface area contributed by atoms with Crippen molar-refractivity contribution >= 4 is 5.97 Å². The van der Waals surface area contributed by atoms with E-state index in [0.29, 0.717) is 23.5 Å². The number of nitrogens with zero attached hydrogens (tertiary/aromatic N) is 3. The van der Waals surface area contributed by atoms with Gasteiger partial charge in [-0.15, -0.1) is 0 Å². The van der Waals surface area contributed by atoms with Gasteiger partial charge in [0.25, 0.3) is 0 Å². The van der Waals surface area contributed by atoms with Crippen molar-refractivity contribution in [3.8, 4) is 23.0 Å². The molecule has 1 N–H and O–H groups in total. The molecule has 1 aliphatic carbocycles. The Morgan fingerprint density at radius 3 is 2.67 bits per heavy atom. The molecule has 7 nitrogen and oxygen atoms in total. The molecule has 42 heavy (non-hydrogen) atoms. The molecule has 0 radical (unpaired) electrons. The molecule has 1 saturated heterocycles. The fourth-order valence-electron chi connectivity index (χ4n) is 6.86. The lowest BCUT2D eigenvalue weighted by atomic mass is 9.83. The van der Waals surface area contributed by atoms with E-state index in [1.54, 1.807) is 17.2 Å². The second-order valence-corrected chi connectivity index (χ2v) is 11.3. The number of esters is 1. The molecule has 1 atom stereocenters. The number of ether oxygens (including phenoxy) is 2. The molecule has 0 bridgehead atoms. The summed E-state index contributed by atoms with van der Waals surface area (Å²) in [6.45, 7) is 6.58. The van der Waals surface area contributed by atoms with Gasteiger partial charge in [-0.1, -0.05) is 49.4 Å². The normalized spacial score (nSPS) is 16.8. The number of carbonyl (C=O) groups excluding carboxylic acids is 1. The van der Waals surface area contributed by atoms with Crippen LogP contribution < -0.4 is 10.1 Å². The summed E-state index contributed by atoms with van der Waals surface area (Å²) in [4.78, 5) is 17.4. The first kappa shape index (κ1) is 28.2. The standard InChI is InChI=1S/C35H40N4O3/c1-4-24-20-23(12-15-28(24)25-16-18-36-19-17-25)21-27-14-13-26-8-6-9-29(33(26)27)31-10-7-11-32(38-31)39-34(41-3)30(22-37-39)35(40)42-5-2/h6-12,15,20,22,25,27,36H,4-5,13-14,16-19,21H2,1-3H3/t27-/m1/s1. The highest BCUT2D eigenvalue weighted by Gasteiger charge is 2.28. The monoisotopic (exact) mass is 564 g/mol. The third-order valence-corrected chi connectivity index (χ3v) is 8.86. The van der Waals surface area contributed by atoms with Gasteiger partial charge >= 0.3 is 5.97 Å². The molecular formula is C35H40N4O3. The summed E-state index contributed by atoms with van der Waals surface area (Å²) in [5.74, 6) is 1.55. The van der Waals surface area contributed by atoms with Gasteiger partial charge < -0.3 is 14.8 Å². The minimum atomic E-state index is -0.463. The predicted octanol–water partition coefficient (Wildman–Crippen LogP) is 6.42. The number of benzene rings is 2. The molecule has 1 fully saturated rings. The Hall–Kier alpha value is -3.97. The van der Waals surface area contributed by atoms with Crippen LogP contribution in [0.3, 0.4) is 0 Å². The molecule has 6 rings (SSSR count). The van der Waals surface area contributed by atoms with E-state index >= 15 is 0 Å². The SMILES string of the molecule is CCOC(=O)c1cnn(-c2cccc(-c3cccc4c3[C@@H](Cc3ccc(C5CCNCC5)c(CC)c3)CC4)n2)c1OC. The van der Waals surface area contributed by atoms with E-state index in [1.165, 1.54) is 48.4 Å². The van der Waals surface area contributed by atoms with Gasteiger partial charge in [0.2, 0.25) is 5.88 Å². The number of rotatable bonds is 9. The molecule has 4 aromatic rings. The summed E-state index contributed by atoms with van der Waals surface area (Å²) < 4.78 is 12.3. The smallest absolute Gasteiger partial charge is 0.345 e. The average Bonchev–Trinajstić information content (AvgIpc) is 3.66. The van der Waals surface area contributed by atoms with Crippen molar-refractivity contribution in [3.63, 3.8) is 0 Å². The fourth-order valence-corrected chi connectivity index (χ4v) is 6.86. The maximum absolute atomic E-state index is 12.4. The van der Waals surface area contributed by atoms with E-state index in [0.717, 1.165) is 50.0 Å². The summed E-state index contributed by atoms with van der Waals surface area (Å²) in [7, 11) is 1.53. The van der Waals surface area contributed by atoms with Crippen LogP contribution in [0.2, 0.25) is 0 Å². The first-order chi connectivity index (χ1) is 20.6. The Morgan fingerprint density at radius 1 is 1.05 bits per heavy atom. The van der Waals surface area contributed by atoms with Crippen LogP contribution in [0.25, 0.3) is 17.1 Å². The Balaban J connectivity index is 1.30. The van der Waals surface area contributed by atoms with Gasteiger partial charge in [-0.25, -0.2) is 9.78 Å². The highest BCUT2D eigenvalue weighted by Crippen LogP contribution is 2.42. The minimum absolute atomic E-state index is 0.281. The van der Waals surface area contributed by atoms with Gasteiger partial charge in [-0.2, -0.15) is 9.78 Å². The quantitative estimate of drug-likeness (QED) is 0.236. The van der Waals surface area contributed by atoms with E-state index in [2.05, 4.69) is 59.8 Å². The summed E-state index contributed by atoms with van der Waals surface area (Å²) in [5, 5.41) is 7.92. The zero-order valence-corrected chi connectivity index (χ0v) is 24.9. The summed E-state index contributed by atoms with van der Waals surface area (Å²) in [5.41, 5.74) is 9.64. The highest BCUT2D eigenvalue weighted by molar-refractivity contribution is 5.92. The molecule has 2 aromatic heterocycles. The number of carbonyl (C=O) groups is 1. The Kier molecular flexibility index (Phi) is 8.38. The summed E-state index contributed by atoms with van der Waals surface area (Å²) in [6.07, 6.45) is 8.25. The van der Waals surface area contributed by atoms with Crippen molar-refractivity contribution in [2.24, 2.45) is 0 Å². The number of fused-ring (bicyclic) bond motifs is 1. The molecule has 0 saturated carbocycles. The van der Waals surface area contributed by atoms with Crippen LogP contribution in [0.1, 0.15) is 83.1 Å². The van der Waals surface area contributed by atoms with Crippen LogP contribution in [0.5, 0.6) is 5.88 Å². The van der Waals surface area contributed by atoms with Crippen LogP contribution in [0, 0.1) is 0 Å². The van der Waals surface area contributed by atoms with Crippen LogP contribution >= 0.6 is 0 Å². The van der Waals surface area contributed by atoms with E-state index in [9.17, 15) is 4.79 Å². The number of hydrogen-bond acceptors (Lipinski definition) is 6.